The molecule has 42 heavy (non-hydrogen) atoms. The number of alkyl halides is 2. The number of nitrogens with one attached hydrogen (secondary N) is 1. The van der Waals surface area contributed by atoms with Crippen LogP contribution in [0.15, 0.2) is 41.3 Å². The summed E-state index contributed by atoms with van der Waals surface area (Å²) in [5, 5.41) is 23.7. The summed E-state index contributed by atoms with van der Waals surface area (Å²) < 4.78 is 65.5. The number of nitro benzene ring substituents is 1. The molecule has 1 aliphatic rings. The number of nitrogens with zero attached hydrogens (tertiary/aromatic N) is 3. The molecule has 0 bridgehead atoms. The number of esters is 1. The molecular formula is C24H32F2N5O10P. The number of unbranched alkanes of at least 4 members (excludes halogenated alkanes) is 1. The number of aliphatic hydroxyl groups excluding tert-OH is 1. The number of aliphatic hydroxyl groups is 1. The fraction of sp³-hybridized carbons (Fsp3) is 0.542. The smallest absolute Gasteiger partial charge is 0.406 e. The van der Waals surface area contributed by atoms with Gasteiger partial charge in [-0.05, 0) is 44.0 Å². The molecule has 18 heteroatoms. The monoisotopic (exact) mass is 619 g/mol. The van der Waals surface area contributed by atoms with Gasteiger partial charge in [0.15, 0.2) is 6.10 Å². The molecule has 0 saturated carbocycles. The number of benzene rings is 1. The normalized spacial score (nSPS) is 22.7. The van der Waals surface area contributed by atoms with Crippen molar-refractivity contribution in [2.45, 2.75) is 70.1 Å². The van der Waals surface area contributed by atoms with Crippen molar-refractivity contribution in [1.29, 1.82) is 0 Å². The molecule has 15 nitrogen and oxygen atoms in total. The Labute approximate surface area is 238 Å². The zero-order valence-corrected chi connectivity index (χ0v) is 23.8. The number of ether oxygens (including phenoxy) is 2. The molecule has 1 saturated heterocycles. The third kappa shape index (κ3) is 7.93. The number of hydrogen-bond acceptors (Lipinski definition) is 12. The van der Waals surface area contributed by atoms with Crippen molar-refractivity contribution in [3.8, 4) is 0 Å². The highest BCUT2D eigenvalue weighted by molar-refractivity contribution is 7.51. The number of non-ortho nitro benzene ring substituents is 1. The fourth-order valence-corrected chi connectivity index (χ4v) is 5.51. The molecule has 4 N–H and O–H groups in total. The van der Waals surface area contributed by atoms with Crippen molar-refractivity contribution in [2.75, 3.05) is 18.9 Å². The quantitative estimate of drug-likeness (QED) is 0.0915. The predicted octanol–water partition coefficient (Wildman–Crippen LogP) is 2.85. The maximum atomic E-state index is 14.9. The first-order valence-corrected chi connectivity index (χ1v) is 14.4. The van der Waals surface area contributed by atoms with Gasteiger partial charge < -0.3 is 20.3 Å². The van der Waals surface area contributed by atoms with Crippen molar-refractivity contribution >= 4 is 25.2 Å². The molecule has 1 fully saturated rings. The second kappa shape index (κ2) is 13.8. The van der Waals surface area contributed by atoms with Crippen LogP contribution in [-0.2, 0) is 27.9 Å². The summed E-state index contributed by atoms with van der Waals surface area (Å²) in [6, 6.07) is 4.93. The van der Waals surface area contributed by atoms with Gasteiger partial charge in [-0.3, -0.25) is 28.5 Å². The number of carbonyl (C=O) groups excluding carboxylic acids is 1. The first-order valence-electron chi connectivity index (χ1n) is 12.9. The molecule has 1 aliphatic heterocycles. The summed E-state index contributed by atoms with van der Waals surface area (Å²) in [6.07, 6.45) is -5.40. The van der Waals surface area contributed by atoms with E-state index >= 15 is 0 Å². The highest BCUT2D eigenvalue weighted by atomic mass is 31.2. The number of nitrogen functional groups attached to an aromatic ring is 1. The van der Waals surface area contributed by atoms with Crippen LogP contribution in [0.4, 0.5) is 20.3 Å². The van der Waals surface area contributed by atoms with E-state index in [1.807, 2.05) is 6.92 Å². The number of nitro groups is 1. The zero-order valence-electron chi connectivity index (χ0n) is 22.9. The minimum absolute atomic E-state index is 0.102. The van der Waals surface area contributed by atoms with Crippen LogP contribution < -0.4 is 16.5 Å². The zero-order chi connectivity index (χ0) is 31.2. The lowest BCUT2D eigenvalue weighted by atomic mass is 10.1. The Balaban J connectivity index is 1.80. The molecule has 0 aliphatic carbocycles. The predicted molar refractivity (Wildman–Crippen MR) is 142 cm³/mol. The van der Waals surface area contributed by atoms with Crippen LogP contribution in [0.5, 0.6) is 0 Å². The van der Waals surface area contributed by atoms with Crippen molar-refractivity contribution in [3.63, 3.8) is 0 Å². The van der Waals surface area contributed by atoms with Crippen molar-refractivity contribution in [3.05, 3.63) is 62.7 Å². The van der Waals surface area contributed by atoms with Gasteiger partial charge in [0.05, 0.1) is 24.2 Å². The van der Waals surface area contributed by atoms with E-state index in [0.29, 0.717) is 16.6 Å². The van der Waals surface area contributed by atoms with Crippen molar-refractivity contribution < 1.29 is 46.7 Å². The summed E-state index contributed by atoms with van der Waals surface area (Å²) in [5.74, 6) is -5.01. The maximum Gasteiger partial charge on any atom is 0.406 e. The van der Waals surface area contributed by atoms with Crippen LogP contribution in [0.25, 0.3) is 0 Å². The highest BCUT2D eigenvalue weighted by Crippen LogP contribution is 2.50. The lowest BCUT2D eigenvalue weighted by Gasteiger charge is -2.26. The molecule has 2 heterocycles. The summed E-state index contributed by atoms with van der Waals surface area (Å²) in [7, 11) is -4.57. The second-order valence-electron chi connectivity index (χ2n) is 9.45. The van der Waals surface area contributed by atoms with Gasteiger partial charge in [-0.25, -0.2) is 14.4 Å². The third-order valence-electron chi connectivity index (χ3n) is 6.21. The molecular weight excluding hydrogens is 587 g/mol. The van der Waals surface area contributed by atoms with E-state index in [1.54, 1.807) is 0 Å². The lowest BCUT2D eigenvalue weighted by Crippen LogP contribution is -2.42. The van der Waals surface area contributed by atoms with Crippen LogP contribution in [-0.4, -0.2) is 62.9 Å². The Morgan fingerprint density at radius 1 is 1.33 bits per heavy atom. The Hall–Kier alpha value is -3.34. The van der Waals surface area contributed by atoms with Crippen LogP contribution in [0.3, 0.4) is 0 Å². The van der Waals surface area contributed by atoms with E-state index in [1.165, 1.54) is 38.1 Å². The van der Waals surface area contributed by atoms with E-state index in [4.69, 9.17) is 24.3 Å². The van der Waals surface area contributed by atoms with Gasteiger partial charge in [0.1, 0.15) is 18.0 Å². The number of carbonyl (C=O) groups is 1. The number of rotatable bonds is 14. The third-order valence-corrected chi connectivity index (χ3v) is 8.00. The van der Waals surface area contributed by atoms with E-state index in [9.17, 15) is 38.2 Å². The highest BCUT2D eigenvalue weighted by Gasteiger charge is 2.60. The Bertz CT molecular complexity index is 1360. The molecule has 0 amide bonds. The minimum Gasteiger partial charge on any atom is -0.465 e. The molecule has 2 aromatic rings. The van der Waals surface area contributed by atoms with Gasteiger partial charge in [-0.1, -0.05) is 13.3 Å². The van der Waals surface area contributed by atoms with Gasteiger partial charge >= 0.3 is 25.3 Å². The van der Waals surface area contributed by atoms with Gasteiger partial charge in [0, 0.05) is 18.3 Å². The van der Waals surface area contributed by atoms with Gasteiger partial charge in [-0.15, -0.1) is 0 Å². The number of hydrogen-bond donors (Lipinski definition) is 3. The van der Waals surface area contributed by atoms with Crippen molar-refractivity contribution in [2.24, 2.45) is 0 Å². The first-order chi connectivity index (χ1) is 19.7. The van der Waals surface area contributed by atoms with Gasteiger partial charge in [-0.2, -0.15) is 13.8 Å². The SMILES string of the molecule is CCCCOC(=O)[C@H](C)NP(=O)(OC[C@H]1O[C@@H](n2ccc(N)nc2=O)C(F)(F)C1O)OC(C)c1ccc([N+](=O)[O-])cc1. The average molecular weight is 620 g/mol. The summed E-state index contributed by atoms with van der Waals surface area (Å²) >= 11 is 0. The molecule has 3 unspecified atom stereocenters. The first kappa shape index (κ1) is 33.2. The largest absolute Gasteiger partial charge is 0.465 e. The molecule has 3 rings (SSSR count). The van der Waals surface area contributed by atoms with E-state index in [-0.39, 0.29) is 18.1 Å². The molecule has 0 spiro atoms. The minimum atomic E-state index is -4.57. The molecule has 1 aromatic heterocycles. The van der Waals surface area contributed by atoms with E-state index in [2.05, 4.69) is 10.1 Å². The van der Waals surface area contributed by atoms with Crippen LogP contribution in [0.1, 0.15) is 51.5 Å². The molecule has 6 atom stereocenters. The topological polar surface area (TPSA) is 207 Å². The van der Waals surface area contributed by atoms with Gasteiger partial charge in [0.2, 0.25) is 6.23 Å². The van der Waals surface area contributed by atoms with Crippen LogP contribution in [0.2, 0.25) is 0 Å². The number of halogens is 2. The summed E-state index contributed by atoms with van der Waals surface area (Å²) in [5.41, 5.74) is 4.38. The summed E-state index contributed by atoms with van der Waals surface area (Å²) in [4.78, 5) is 38.3. The van der Waals surface area contributed by atoms with Gasteiger partial charge in [0.25, 0.3) is 5.69 Å². The summed E-state index contributed by atoms with van der Waals surface area (Å²) in [6.45, 7) is 3.81. The Morgan fingerprint density at radius 3 is 2.60 bits per heavy atom. The number of nitrogens with two attached hydrogens (primary N) is 1. The molecule has 232 valence electrons. The Morgan fingerprint density at radius 2 is 2.00 bits per heavy atom. The maximum absolute atomic E-state index is 14.9. The molecule has 0 radical (unpaired) electrons. The van der Waals surface area contributed by atoms with E-state index < -0.39 is 67.4 Å². The second-order valence-corrected chi connectivity index (χ2v) is 11.2. The van der Waals surface area contributed by atoms with Crippen LogP contribution in [0, 0.1) is 10.1 Å². The van der Waals surface area contributed by atoms with Crippen LogP contribution >= 0.6 is 7.75 Å². The number of aromatic nitrogens is 2. The standard InChI is InChI=1S/C24H32F2N5O10P/c1-4-5-12-38-21(33)14(2)29-42(37,41-15(3)16-6-8-17(9-7-16)31(35)36)39-13-18-20(32)24(25,26)22(40-18)30-11-10-19(27)28-23(30)34/h6-11,14-15,18,20,22,32H,4-5,12-13H2,1-3H3,(H,29,37)(H2,27,28,34)/t14-,15?,18+,20?,22+,42?/m0/s1. The Kier molecular flexibility index (Phi) is 10.9. The average Bonchev–Trinajstić information content (AvgIpc) is 3.15. The number of anilines is 1. The molecule has 1 aromatic carbocycles. The van der Waals surface area contributed by atoms with Crippen molar-refractivity contribution in [1.82, 2.24) is 14.6 Å². The fourth-order valence-electron chi connectivity index (χ4n) is 3.85. The lowest BCUT2D eigenvalue weighted by molar-refractivity contribution is -0.384. The van der Waals surface area contributed by atoms with E-state index in [0.717, 1.165) is 18.7 Å².